The Kier molecular flexibility index (Phi) is 4.81. The van der Waals surface area contributed by atoms with Gasteiger partial charge < -0.3 is 0 Å². The fraction of sp³-hybridized carbons (Fsp3) is 0. The summed E-state index contributed by atoms with van der Waals surface area (Å²) in [6.07, 6.45) is 0. The fourth-order valence-electron chi connectivity index (χ4n) is 0. The Morgan fingerprint density at radius 3 is 1.50 bits per heavy atom. The number of hydrogen-bond acceptors (Lipinski definition) is 0. The molecule has 0 bridgehead atoms. The molecule has 0 N–H and O–H groups in total. The van der Waals surface area contributed by atoms with Gasteiger partial charge in [0.25, 0.3) is 0 Å². The average Bonchev–Trinajstić information content (AvgIpc) is 0.811. The van der Waals surface area contributed by atoms with Crippen LogP contribution in [0.1, 0.15) is 0 Å². The molecular formula is Cl2GeZr. The second kappa shape index (κ2) is 3.21. The van der Waals surface area contributed by atoms with Gasteiger partial charge in [0.05, 0.1) is 0 Å². The second-order valence-electron chi connectivity index (χ2n) is 0.260. The zero-order valence-corrected chi connectivity index (χ0v) is 7.82. The first-order chi connectivity index (χ1) is 1.73. The normalized spacial score (nSPS) is 6.50. The van der Waals surface area contributed by atoms with E-state index in [1.807, 2.05) is 12.1 Å². The van der Waals surface area contributed by atoms with Crippen LogP contribution in [0.4, 0.5) is 0 Å². The van der Waals surface area contributed by atoms with Gasteiger partial charge in [-0.2, -0.15) is 0 Å². The van der Waals surface area contributed by atoms with Crippen molar-refractivity contribution in [2.24, 2.45) is 0 Å². The molecule has 0 unspecified atom stereocenters. The van der Waals surface area contributed by atoms with Crippen LogP contribution in [0.5, 0.6) is 0 Å². The zero-order valence-electron chi connectivity index (χ0n) is 1.76. The summed E-state index contributed by atoms with van der Waals surface area (Å²) in [6, 6.07) is 0. The average molecular weight is 235 g/mol. The number of halogens is 2. The van der Waals surface area contributed by atoms with E-state index in [9.17, 15) is 0 Å². The van der Waals surface area contributed by atoms with E-state index in [1.54, 1.807) is 0 Å². The third-order valence-corrected chi connectivity index (χ3v) is 0. The first-order valence-corrected chi connectivity index (χ1v) is 14.4. The Morgan fingerprint density at radius 2 is 1.50 bits per heavy atom. The van der Waals surface area contributed by atoms with Crippen LogP contribution in [0, 0.1) is 0 Å². The molecule has 0 rings (SSSR count). The molecule has 0 saturated carbocycles. The monoisotopic (exact) mass is 234 g/mol. The molecule has 4 heavy (non-hydrogen) atoms. The fourth-order valence-corrected chi connectivity index (χ4v) is 0. The van der Waals surface area contributed by atoms with Gasteiger partial charge in [-0.05, 0) is 0 Å². The van der Waals surface area contributed by atoms with E-state index in [4.69, 9.17) is 17.0 Å². The van der Waals surface area contributed by atoms with E-state index in [0.717, 1.165) is 0 Å². The van der Waals surface area contributed by atoms with Crippen molar-refractivity contribution in [3.8, 4) is 0 Å². The molecule has 4 heteroatoms. The summed E-state index contributed by atoms with van der Waals surface area (Å²) in [5.41, 5.74) is 0. The van der Waals surface area contributed by atoms with Gasteiger partial charge in [-0.25, -0.2) is 0 Å². The van der Waals surface area contributed by atoms with Gasteiger partial charge in [0.1, 0.15) is 0 Å². The summed E-state index contributed by atoms with van der Waals surface area (Å²) in [7, 11) is 10.5. The van der Waals surface area contributed by atoms with E-state index in [-0.39, 0.29) is 0 Å². The van der Waals surface area contributed by atoms with E-state index in [1.165, 1.54) is 0 Å². The predicted molar refractivity (Wildman–Crippen MR) is 17.5 cm³/mol. The van der Waals surface area contributed by atoms with Gasteiger partial charge in [0, 0.05) is 0 Å². The molecule has 22 valence electrons. The molecule has 0 atom stereocenters. The van der Waals surface area contributed by atoms with Crippen LogP contribution >= 0.6 is 17.0 Å². The van der Waals surface area contributed by atoms with Gasteiger partial charge >= 0.3 is 45.4 Å². The molecule has 0 heterocycles. The Morgan fingerprint density at radius 1 is 1.50 bits per heavy atom. The molecule has 0 aromatic carbocycles. The van der Waals surface area contributed by atoms with E-state index >= 15 is 0 Å². The summed E-state index contributed by atoms with van der Waals surface area (Å²) in [5.74, 6) is 0. The Labute approximate surface area is 44.8 Å². The molecule has 0 amide bonds. The van der Waals surface area contributed by atoms with Crippen LogP contribution < -0.4 is 0 Å². The van der Waals surface area contributed by atoms with Crippen LogP contribution in [0.2, 0.25) is 0 Å². The predicted octanol–water partition coefficient (Wildman–Crippen LogP) is 0.996. The Bertz CT molecular complexity index is 29.0. The van der Waals surface area contributed by atoms with Gasteiger partial charge in [-0.15, -0.1) is 0 Å². The maximum atomic E-state index is 5.24. The van der Waals surface area contributed by atoms with Gasteiger partial charge in [-0.1, -0.05) is 0 Å². The Hall–Kier alpha value is 2.01. The molecule has 0 fully saturated rings. The molecule has 0 aliphatic rings. The second-order valence-corrected chi connectivity index (χ2v) is 21.2. The summed E-state index contributed by atoms with van der Waals surface area (Å²) >= 11 is 0.295. The molecule has 0 aromatic heterocycles. The first-order valence-electron chi connectivity index (χ1n) is 0.628. The van der Waals surface area contributed by atoms with Crippen molar-refractivity contribution in [3.05, 3.63) is 0 Å². The first kappa shape index (κ1) is 6.01. The van der Waals surface area contributed by atoms with Crippen LogP contribution in [0.3, 0.4) is 0 Å². The molecule has 0 saturated heterocycles. The summed E-state index contributed by atoms with van der Waals surface area (Å²) in [4.78, 5) is 0. The molecular weight excluding hydrogens is 235 g/mol. The van der Waals surface area contributed by atoms with Gasteiger partial charge in [0.2, 0.25) is 0 Å². The van der Waals surface area contributed by atoms with Crippen molar-refractivity contribution in [3.63, 3.8) is 0 Å². The van der Waals surface area contributed by atoms with E-state index < -0.39 is 16.2 Å². The quantitative estimate of drug-likeness (QED) is 0.549. The van der Waals surface area contributed by atoms with Gasteiger partial charge in [-0.3, -0.25) is 0 Å². The molecule has 0 aromatic rings. The van der Waals surface area contributed by atoms with Crippen molar-refractivity contribution < 1.29 is 16.2 Å². The van der Waals surface area contributed by atoms with Crippen molar-refractivity contribution >= 4 is 29.2 Å². The minimum absolute atomic E-state index is 1.60. The third-order valence-electron chi connectivity index (χ3n) is 0. The van der Waals surface area contributed by atoms with Crippen LogP contribution in [0.15, 0.2) is 0 Å². The molecule has 0 aliphatic heterocycles. The van der Waals surface area contributed by atoms with Gasteiger partial charge in [0.15, 0.2) is 0 Å². The molecule has 0 spiro atoms. The topological polar surface area (TPSA) is 0 Å². The number of hydrogen-bond donors (Lipinski definition) is 0. The van der Waals surface area contributed by atoms with Crippen molar-refractivity contribution in [2.45, 2.75) is 0 Å². The van der Waals surface area contributed by atoms with Crippen molar-refractivity contribution in [1.29, 1.82) is 0 Å². The molecule has 0 aliphatic carbocycles. The van der Waals surface area contributed by atoms with Crippen molar-refractivity contribution in [1.82, 2.24) is 0 Å². The van der Waals surface area contributed by atoms with Crippen LogP contribution in [0.25, 0.3) is 0 Å². The third kappa shape index (κ3) is 9.00. The van der Waals surface area contributed by atoms with Crippen molar-refractivity contribution in [2.75, 3.05) is 0 Å². The SMILES string of the molecule is [Cl][Zr]([Cl])=[Ge]. The number of rotatable bonds is 0. The minimum atomic E-state index is -1.60. The summed E-state index contributed by atoms with van der Waals surface area (Å²) < 4.78 is 0. The zero-order chi connectivity index (χ0) is 3.58. The van der Waals surface area contributed by atoms with Crippen LogP contribution in [-0.4, -0.2) is 12.1 Å². The molecule has 2 radical (unpaired) electrons. The summed E-state index contributed by atoms with van der Waals surface area (Å²) in [5, 5.41) is 0. The summed E-state index contributed by atoms with van der Waals surface area (Å²) in [6.45, 7) is 0. The Balaban J connectivity index is 2.80. The molecule has 0 nitrogen and oxygen atoms in total. The van der Waals surface area contributed by atoms with E-state index in [0.29, 0.717) is 0 Å². The standard InChI is InChI=1S/2ClH.Ge.Zr/h2*1H;;/q;;;+2/p-2. The van der Waals surface area contributed by atoms with E-state index in [2.05, 4.69) is 0 Å². The maximum absolute atomic E-state index is 5.24. The van der Waals surface area contributed by atoms with Crippen LogP contribution in [-0.2, 0) is 16.2 Å².